The molecule has 0 radical (unpaired) electrons. The summed E-state index contributed by atoms with van der Waals surface area (Å²) in [5, 5.41) is 2.77. The summed E-state index contributed by atoms with van der Waals surface area (Å²) in [5.41, 5.74) is 2.05. The van der Waals surface area contributed by atoms with Gasteiger partial charge in [0.05, 0.1) is 5.56 Å². The number of nitrogens with zero attached hydrogens (tertiary/aromatic N) is 1. The molecule has 0 unspecified atom stereocenters. The second kappa shape index (κ2) is 7.87. The number of aromatic nitrogens is 1. The number of esters is 1. The molecule has 5 nitrogen and oxygen atoms in total. The summed E-state index contributed by atoms with van der Waals surface area (Å²) < 4.78 is 5.67. The van der Waals surface area contributed by atoms with E-state index in [4.69, 9.17) is 4.74 Å². The van der Waals surface area contributed by atoms with Gasteiger partial charge in [-0.15, -0.1) is 0 Å². The highest BCUT2D eigenvalue weighted by Crippen LogP contribution is 2.23. The summed E-state index contributed by atoms with van der Waals surface area (Å²) in [5.74, 6) is -0.692. The van der Waals surface area contributed by atoms with Crippen LogP contribution in [0.15, 0.2) is 47.2 Å². The van der Waals surface area contributed by atoms with Crippen molar-refractivity contribution in [2.24, 2.45) is 0 Å². The smallest absolute Gasteiger partial charge is 0.340 e. The second-order valence-corrected chi connectivity index (χ2v) is 6.17. The van der Waals surface area contributed by atoms with Crippen molar-refractivity contribution in [3.63, 3.8) is 0 Å². The van der Waals surface area contributed by atoms with E-state index >= 15 is 0 Å². The number of ether oxygens (including phenoxy) is 1. The molecular formula is C17H17BrN2O3. The fraction of sp³-hybridized carbons (Fsp3) is 0.235. The van der Waals surface area contributed by atoms with E-state index in [0.717, 1.165) is 11.3 Å². The van der Waals surface area contributed by atoms with Crippen molar-refractivity contribution in [3.8, 4) is 0 Å². The number of anilines is 1. The van der Waals surface area contributed by atoms with E-state index in [1.807, 2.05) is 38.1 Å². The minimum atomic E-state index is -0.592. The highest BCUT2D eigenvalue weighted by molar-refractivity contribution is 9.10. The molecule has 0 aliphatic heterocycles. The van der Waals surface area contributed by atoms with Crippen LogP contribution in [0.5, 0.6) is 0 Å². The highest BCUT2D eigenvalue weighted by Gasteiger charge is 2.13. The molecule has 6 heteroatoms. The molecule has 0 bridgehead atoms. The monoisotopic (exact) mass is 376 g/mol. The molecule has 2 rings (SSSR count). The van der Waals surface area contributed by atoms with E-state index in [1.165, 1.54) is 6.20 Å². The Morgan fingerprint density at radius 2 is 2.00 bits per heavy atom. The highest BCUT2D eigenvalue weighted by atomic mass is 79.9. The number of pyridine rings is 1. The number of carbonyl (C=O) groups is 2. The van der Waals surface area contributed by atoms with Crippen LogP contribution in [0.2, 0.25) is 0 Å². The summed E-state index contributed by atoms with van der Waals surface area (Å²) >= 11 is 3.23. The van der Waals surface area contributed by atoms with Gasteiger partial charge in [-0.05, 0) is 39.5 Å². The van der Waals surface area contributed by atoms with Gasteiger partial charge in [-0.3, -0.25) is 9.78 Å². The van der Waals surface area contributed by atoms with E-state index in [2.05, 4.69) is 26.2 Å². The zero-order chi connectivity index (χ0) is 16.8. The molecule has 0 atom stereocenters. The summed E-state index contributed by atoms with van der Waals surface area (Å²) in [7, 11) is 0. The van der Waals surface area contributed by atoms with Crippen LogP contribution < -0.4 is 5.32 Å². The maximum atomic E-state index is 12.0. The third kappa shape index (κ3) is 4.89. The lowest BCUT2D eigenvalue weighted by atomic mass is 10.0. The molecule has 1 heterocycles. The van der Waals surface area contributed by atoms with Crippen LogP contribution in [-0.4, -0.2) is 23.5 Å². The summed E-state index contributed by atoms with van der Waals surface area (Å²) in [6.45, 7) is 3.74. The zero-order valence-corrected chi connectivity index (χ0v) is 14.5. The Labute approximate surface area is 143 Å². The van der Waals surface area contributed by atoms with Crippen LogP contribution in [-0.2, 0) is 9.53 Å². The predicted octanol–water partition coefficient (Wildman–Crippen LogP) is 3.76. The molecular weight excluding hydrogens is 360 g/mol. The topological polar surface area (TPSA) is 68.3 Å². The van der Waals surface area contributed by atoms with E-state index in [9.17, 15) is 9.59 Å². The Balaban J connectivity index is 1.94. The fourth-order valence-electron chi connectivity index (χ4n) is 2.04. The van der Waals surface area contributed by atoms with Gasteiger partial charge in [-0.2, -0.15) is 0 Å². The van der Waals surface area contributed by atoms with Crippen molar-refractivity contribution in [2.75, 3.05) is 11.9 Å². The molecule has 0 fully saturated rings. The summed E-state index contributed by atoms with van der Waals surface area (Å²) in [6.07, 6.45) is 2.95. The van der Waals surface area contributed by atoms with Crippen molar-refractivity contribution in [1.29, 1.82) is 0 Å². The van der Waals surface area contributed by atoms with Crippen LogP contribution in [0.3, 0.4) is 0 Å². The number of para-hydroxylation sites is 1. The van der Waals surface area contributed by atoms with Gasteiger partial charge in [0.1, 0.15) is 0 Å². The quantitative estimate of drug-likeness (QED) is 0.806. The lowest BCUT2D eigenvalue weighted by molar-refractivity contribution is -0.119. The molecule has 0 spiro atoms. The van der Waals surface area contributed by atoms with Crippen LogP contribution in [0.25, 0.3) is 0 Å². The number of nitrogens with one attached hydrogen (secondary N) is 1. The van der Waals surface area contributed by atoms with Gasteiger partial charge in [0, 0.05) is 22.6 Å². The van der Waals surface area contributed by atoms with Crippen molar-refractivity contribution >= 4 is 33.5 Å². The van der Waals surface area contributed by atoms with Gasteiger partial charge in [-0.1, -0.05) is 32.0 Å². The van der Waals surface area contributed by atoms with Crippen molar-refractivity contribution in [1.82, 2.24) is 4.98 Å². The van der Waals surface area contributed by atoms with Crippen molar-refractivity contribution in [2.45, 2.75) is 19.8 Å². The summed E-state index contributed by atoms with van der Waals surface area (Å²) in [6, 6.07) is 9.14. The minimum absolute atomic E-state index is 0.279. The zero-order valence-electron chi connectivity index (χ0n) is 12.9. The maximum absolute atomic E-state index is 12.0. The maximum Gasteiger partial charge on any atom is 0.340 e. The first-order valence-electron chi connectivity index (χ1n) is 7.14. The van der Waals surface area contributed by atoms with E-state index in [1.54, 1.807) is 12.3 Å². The number of hydrogen-bond acceptors (Lipinski definition) is 4. The molecule has 1 aromatic heterocycles. The van der Waals surface area contributed by atoms with Gasteiger partial charge in [0.15, 0.2) is 6.61 Å². The second-order valence-electron chi connectivity index (χ2n) is 5.26. The average molecular weight is 377 g/mol. The molecule has 1 aromatic carbocycles. The third-order valence-corrected chi connectivity index (χ3v) is 3.57. The first-order valence-corrected chi connectivity index (χ1v) is 7.93. The van der Waals surface area contributed by atoms with Crippen molar-refractivity contribution in [3.05, 3.63) is 58.3 Å². The molecule has 1 N–H and O–H groups in total. The predicted molar refractivity (Wildman–Crippen MR) is 91.4 cm³/mol. The Morgan fingerprint density at radius 3 is 2.70 bits per heavy atom. The van der Waals surface area contributed by atoms with Gasteiger partial charge < -0.3 is 10.1 Å². The lowest BCUT2D eigenvalue weighted by Gasteiger charge is -2.13. The molecule has 0 aliphatic carbocycles. The van der Waals surface area contributed by atoms with Gasteiger partial charge >= 0.3 is 5.97 Å². The number of amides is 1. The minimum Gasteiger partial charge on any atom is -0.452 e. The molecule has 2 aromatic rings. The largest absolute Gasteiger partial charge is 0.452 e. The molecule has 23 heavy (non-hydrogen) atoms. The van der Waals surface area contributed by atoms with E-state index < -0.39 is 5.97 Å². The SMILES string of the molecule is CC(C)c1ccccc1NC(=O)COC(=O)c1cncc(Br)c1. The Morgan fingerprint density at radius 1 is 1.26 bits per heavy atom. The normalized spacial score (nSPS) is 10.4. The van der Waals surface area contributed by atoms with Gasteiger partial charge in [-0.25, -0.2) is 4.79 Å². The van der Waals surface area contributed by atoms with Gasteiger partial charge in [0.25, 0.3) is 5.91 Å². The van der Waals surface area contributed by atoms with Crippen LogP contribution >= 0.6 is 15.9 Å². The number of rotatable bonds is 5. The number of benzene rings is 1. The lowest BCUT2D eigenvalue weighted by Crippen LogP contribution is -2.21. The van der Waals surface area contributed by atoms with E-state index in [-0.39, 0.29) is 24.0 Å². The Kier molecular flexibility index (Phi) is 5.87. The van der Waals surface area contributed by atoms with Crippen LogP contribution in [0.1, 0.15) is 35.7 Å². The standard InChI is InChI=1S/C17H17BrN2O3/c1-11(2)14-5-3-4-6-15(14)20-16(21)10-23-17(22)12-7-13(18)9-19-8-12/h3-9,11H,10H2,1-2H3,(H,20,21). The number of hydrogen-bond donors (Lipinski definition) is 1. The summed E-state index contributed by atoms with van der Waals surface area (Å²) in [4.78, 5) is 27.7. The average Bonchev–Trinajstić information content (AvgIpc) is 2.53. The molecule has 0 saturated heterocycles. The first-order chi connectivity index (χ1) is 11.0. The molecule has 0 saturated carbocycles. The van der Waals surface area contributed by atoms with Crippen LogP contribution in [0, 0.1) is 0 Å². The molecule has 0 aliphatic rings. The molecule has 120 valence electrons. The number of carbonyl (C=O) groups excluding carboxylic acids is 2. The molecule has 1 amide bonds. The van der Waals surface area contributed by atoms with E-state index in [0.29, 0.717) is 4.47 Å². The fourth-order valence-corrected chi connectivity index (χ4v) is 2.40. The first kappa shape index (κ1) is 17.1. The van der Waals surface area contributed by atoms with Gasteiger partial charge in [0.2, 0.25) is 0 Å². The third-order valence-electron chi connectivity index (χ3n) is 3.13. The van der Waals surface area contributed by atoms with Crippen LogP contribution in [0.4, 0.5) is 5.69 Å². The Hall–Kier alpha value is -2.21. The number of halogens is 1. The van der Waals surface area contributed by atoms with Crippen molar-refractivity contribution < 1.29 is 14.3 Å². The Bertz CT molecular complexity index is 716.